The highest BCUT2D eigenvalue weighted by Gasteiger charge is 2.12. The topological polar surface area (TPSA) is 42.7 Å². The van der Waals surface area contributed by atoms with Crippen molar-refractivity contribution in [3.05, 3.63) is 40.8 Å². The van der Waals surface area contributed by atoms with Crippen molar-refractivity contribution in [3.63, 3.8) is 0 Å². The summed E-state index contributed by atoms with van der Waals surface area (Å²) in [6.45, 7) is 10.2. The van der Waals surface area contributed by atoms with Gasteiger partial charge in [0, 0.05) is 36.1 Å². The lowest BCUT2D eigenvalue weighted by Gasteiger charge is -2.30. The molecule has 1 heterocycles. The van der Waals surface area contributed by atoms with Gasteiger partial charge in [-0.15, -0.1) is 12.4 Å². The highest BCUT2D eigenvalue weighted by molar-refractivity contribution is 5.85. The highest BCUT2D eigenvalue weighted by atomic mass is 35.5. The summed E-state index contributed by atoms with van der Waals surface area (Å²) in [5.41, 5.74) is 0.218. The van der Waals surface area contributed by atoms with Crippen molar-refractivity contribution in [2.24, 2.45) is 0 Å². The van der Waals surface area contributed by atoms with E-state index in [9.17, 15) is 4.79 Å². The third-order valence-electron chi connectivity index (χ3n) is 3.54. The first-order valence-electron chi connectivity index (χ1n) is 7.40. The van der Waals surface area contributed by atoms with E-state index < -0.39 is 0 Å². The van der Waals surface area contributed by atoms with Crippen LogP contribution in [0, 0.1) is 0 Å². The van der Waals surface area contributed by atoms with Crippen molar-refractivity contribution in [1.82, 2.24) is 4.90 Å². The number of hydrogen-bond acceptors (Lipinski definition) is 4. The molecule has 4 nitrogen and oxygen atoms in total. The molecule has 0 N–H and O–H groups in total. The fraction of sp³-hybridized carbons (Fsp3) is 0.471. The smallest absolute Gasteiger partial charge is 0.336 e. The van der Waals surface area contributed by atoms with Gasteiger partial charge in [0.2, 0.25) is 0 Å². The monoisotopic (exact) mass is 325 g/mol. The molecule has 0 saturated heterocycles. The molecule has 0 aliphatic carbocycles. The molecule has 2 rings (SSSR count). The Hall–Kier alpha value is -1.52. The summed E-state index contributed by atoms with van der Waals surface area (Å²) < 4.78 is 10.9. The lowest BCUT2D eigenvalue weighted by molar-refractivity contribution is 0.142. The van der Waals surface area contributed by atoms with Gasteiger partial charge >= 0.3 is 5.63 Å². The van der Waals surface area contributed by atoms with Gasteiger partial charge in [0.25, 0.3) is 0 Å². The second kappa shape index (κ2) is 8.20. The van der Waals surface area contributed by atoms with Crippen molar-refractivity contribution in [2.75, 3.05) is 13.2 Å². The summed E-state index contributed by atoms with van der Waals surface area (Å²) in [6.07, 6.45) is 0. The fourth-order valence-electron chi connectivity index (χ4n) is 2.51. The molecule has 1 aromatic heterocycles. The van der Waals surface area contributed by atoms with Gasteiger partial charge in [-0.2, -0.15) is 0 Å². The number of ether oxygens (including phenoxy) is 1. The summed E-state index contributed by atoms with van der Waals surface area (Å²) >= 11 is 0. The maximum Gasteiger partial charge on any atom is 0.336 e. The van der Waals surface area contributed by atoms with Crippen LogP contribution in [0.2, 0.25) is 0 Å². The fourth-order valence-corrected chi connectivity index (χ4v) is 2.51. The SMILES string of the molecule is CC(C)N(CCOc1ccc2ccc(=O)oc2c1)C(C)C.Cl. The molecule has 0 bridgehead atoms. The van der Waals surface area contributed by atoms with E-state index in [1.807, 2.05) is 12.1 Å². The number of hydrogen-bond donors (Lipinski definition) is 0. The van der Waals surface area contributed by atoms with Crippen molar-refractivity contribution in [3.8, 4) is 5.75 Å². The van der Waals surface area contributed by atoms with Crippen LogP contribution in [0.5, 0.6) is 5.75 Å². The van der Waals surface area contributed by atoms with E-state index in [0.717, 1.165) is 17.7 Å². The zero-order valence-electron chi connectivity index (χ0n) is 13.5. The lowest BCUT2D eigenvalue weighted by Crippen LogP contribution is -2.39. The Morgan fingerprint density at radius 3 is 2.36 bits per heavy atom. The Balaban J connectivity index is 0.00000242. The Morgan fingerprint density at radius 2 is 1.73 bits per heavy atom. The zero-order chi connectivity index (χ0) is 15.4. The van der Waals surface area contributed by atoms with Gasteiger partial charge < -0.3 is 9.15 Å². The summed E-state index contributed by atoms with van der Waals surface area (Å²) in [4.78, 5) is 13.6. The van der Waals surface area contributed by atoms with Gasteiger partial charge in [0.15, 0.2) is 0 Å². The molecule has 0 saturated carbocycles. The third kappa shape index (κ3) is 4.75. The third-order valence-corrected chi connectivity index (χ3v) is 3.54. The molecular formula is C17H24ClNO3. The number of rotatable bonds is 6. The Labute approximate surface area is 137 Å². The van der Waals surface area contributed by atoms with Crippen LogP contribution in [0.1, 0.15) is 27.7 Å². The number of nitrogens with zero attached hydrogens (tertiary/aromatic N) is 1. The summed E-state index contributed by atoms with van der Waals surface area (Å²) in [7, 11) is 0. The standard InChI is InChI=1S/C17H23NO3.ClH/c1-12(2)18(13(3)4)9-10-20-15-7-5-14-6-8-17(19)21-16(14)11-15;/h5-8,11-13H,9-10H2,1-4H3;1H. The van der Waals surface area contributed by atoms with Gasteiger partial charge in [0.05, 0.1) is 0 Å². The van der Waals surface area contributed by atoms with E-state index in [4.69, 9.17) is 9.15 Å². The van der Waals surface area contributed by atoms with E-state index in [1.54, 1.807) is 12.1 Å². The number of fused-ring (bicyclic) bond motifs is 1. The largest absolute Gasteiger partial charge is 0.492 e. The van der Waals surface area contributed by atoms with E-state index in [2.05, 4.69) is 32.6 Å². The van der Waals surface area contributed by atoms with Crippen molar-refractivity contribution in [1.29, 1.82) is 0 Å². The summed E-state index contributed by atoms with van der Waals surface area (Å²) in [5, 5.41) is 0.896. The molecule has 1 aromatic carbocycles. The second-order valence-corrected chi connectivity index (χ2v) is 5.73. The zero-order valence-corrected chi connectivity index (χ0v) is 14.4. The van der Waals surface area contributed by atoms with Gasteiger partial charge in [0.1, 0.15) is 17.9 Å². The minimum absolute atomic E-state index is 0. The van der Waals surface area contributed by atoms with E-state index in [-0.39, 0.29) is 18.0 Å². The average Bonchev–Trinajstić information content (AvgIpc) is 2.42. The first kappa shape index (κ1) is 18.5. The Kier molecular flexibility index (Phi) is 6.91. The van der Waals surface area contributed by atoms with Crippen molar-refractivity contribution < 1.29 is 9.15 Å². The summed E-state index contributed by atoms with van der Waals surface area (Å²) in [5.74, 6) is 0.726. The molecule has 2 aromatic rings. The van der Waals surface area contributed by atoms with Crippen LogP contribution >= 0.6 is 12.4 Å². The molecule has 122 valence electrons. The van der Waals surface area contributed by atoms with Crippen LogP contribution in [0.3, 0.4) is 0 Å². The van der Waals surface area contributed by atoms with E-state index >= 15 is 0 Å². The van der Waals surface area contributed by atoms with Crippen LogP contribution in [0.4, 0.5) is 0 Å². The van der Waals surface area contributed by atoms with Gasteiger partial charge in [-0.3, -0.25) is 4.90 Å². The van der Waals surface area contributed by atoms with Crippen LogP contribution in [-0.4, -0.2) is 30.1 Å². The maximum absolute atomic E-state index is 11.2. The first-order valence-corrected chi connectivity index (χ1v) is 7.40. The Morgan fingerprint density at radius 1 is 1.09 bits per heavy atom. The first-order chi connectivity index (χ1) is 9.97. The molecule has 0 radical (unpaired) electrons. The van der Waals surface area contributed by atoms with E-state index in [1.165, 1.54) is 6.07 Å². The summed E-state index contributed by atoms with van der Waals surface area (Å²) in [6, 6.07) is 9.72. The molecular weight excluding hydrogens is 302 g/mol. The molecule has 0 amide bonds. The molecule has 22 heavy (non-hydrogen) atoms. The highest BCUT2D eigenvalue weighted by Crippen LogP contribution is 2.19. The number of benzene rings is 1. The van der Waals surface area contributed by atoms with Gasteiger partial charge in [-0.05, 0) is 45.9 Å². The molecule has 0 spiro atoms. The molecule has 0 atom stereocenters. The predicted octanol–water partition coefficient (Wildman–Crippen LogP) is 3.71. The molecule has 0 aliphatic heterocycles. The van der Waals surface area contributed by atoms with Crippen LogP contribution < -0.4 is 10.4 Å². The normalized spacial score (nSPS) is 11.2. The average molecular weight is 326 g/mol. The Bertz CT molecular complexity index is 644. The molecule has 0 unspecified atom stereocenters. The lowest BCUT2D eigenvalue weighted by atomic mass is 10.2. The van der Waals surface area contributed by atoms with Crippen molar-refractivity contribution in [2.45, 2.75) is 39.8 Å². The second-order valence-electron chi connectivity index (χ2n) is 5.73. The van der Waals surface area contributed by atoms with Crippen LogP contribution in [-0.2, 0) is 0 Å². The minimum atomic E-state index is -0.342. The molecule has 0 aliphatic rings. The molecule has 0 fully saturated rings. The number of halogens is 1. The van der Waals surface area contributed by atoms with E-state index in [0.29, 0.717) is 24.3 Å². The van der Waals surface area contributed by atoms with Gasteiger partial charge in [-0.25, -0.2) is 4.79 Å². The maximum atomic E-state index is 11.2. The van der Waals surface area contributed by atoms with Crippen molar-refractivity contribution >= 4 is 23.4 Å². The minimum Gasteiger partial charge on any atom is -0.492 e. The predicted molar refractivity (Wildman–Crippen MR) is 92.2 cm³/mol. The quantitative estimate of drug-likeness (QED) is 0.759. The van der Waals surface area contributed by atoms with Crippen LogP contribution in [0.15, 0.2) is 39.5 Å². The van der Waals surface area contributed by atoms with Crippen LogP contribution in [0.25, 0.3) is 11.0 Å². The van der Waals surface area contributed by atoms with Gasteiger partial charge in [-0.1, -0.05) is 0 Å². The molecule has 5 heteroatoms.